The molecule has 160 valence electrons. The number of thiazole rings is 1. The van der Waals surface area contributed by atoms with Gasteiger partial charge in [-0.05, 0) is 25.1 Å². The standard InChI is InChI=1S/C19H19F3N4O3S/c1-13-12-30-17(24-13)18(28,19(20,21)22)11-16(27)25-14-4-2-5-15(10-14)29-9-8-26-7-3-6-23-26/h2-7,10,12,28H,8-9,11H2,1H3,(H,25,27). The van der Waals surface area contributed by atoms with Crippen molar-refractivity contribution in [1.82, 2.24) is 14.8 Å². The quantitative estimate of drug-likeness (QED) is 0.560. The van der Waals surface area contributed by atoms with Crippen molar-refractivity contribution in [1.29, 1.82) is 0 Å². The molecule has 0 aliphatic rings. The van der Waals surface area contributed by atoms with Crippen LogP contribution in [0.2, 0.25) is 0 Å². The molecule has 2 N–H and O–H groups in total. The molecule has 2 aromatic heterocycles. The molecule has 3 rings (SSSR count). The van der Waals surface area contributed by atoms with E-state index in [1.54, 1.807) is 35.3 Å². The molecule has 30 heavy (non-hydrogen) atoms. The Morgan fingerprint density at radius 1 is 1.33 bits per heavy atom. The van der Waals surface area contributed by atoms with Crippen molar-refractivity contribution in [3.05, 3.63) is 58.8 Å². The van der Waals surface area contributed by atoms with Gasteiger partial charge in [0.15, 0.2) is 0 Å². The van der Waals surface area contributed by atoms with E-state index in [1.165, 1.54) is 24.4 Å². The summed E-state index contributed by atoms with van der Waals surface area (Å²) >= 11 is 0.654. The molecule has 0 bridgehead atoms. The van der Waals surface area contributed by atoms with E-state index >= 15 is 0 Å². The first-order valence-corrected chi connectivity index (χ1v) is 9.77. The predicted molar refractivity (Wildman–Crippen MR) is 104 cm³/mol. The van der Waals surface area contributed by atoms with Crippen LogP contribution in [0.1, 0.15) is 17.1 Å². The number of ether oxygens (including phenoxy) is 1. The van der Waals surface area contributed by atoms with Gasteiger partial charge in [-0.2, -0.15) is 18.3 Å². The summed E-state index contributed by atoms with van der Waals surface area (Å²) < 4.78 is 47.8. The lowest BCUT2D eigenvalue weighted by molar-refractivity contribution is -0.266. The first kappa shape index (κ1) is 21.8. The number of anilines is 1. The van der Waals surface area contributed by atoms with Crippen molar-refractivity contribution >= 4 is 22.9 Å². The molecule has 0 aliphatic heterocycles. The van der Waals surface area contributed by atoms with Gasteiger partial charge >= 0.3 is 6.18 Å². The fraction of sp³-hybridized carbons (Fsp3) is 0.316. The number of carbonyl (C=O) groups excluding carboxylic acids is 1. The largest absolute Gasteiger partial charge is 0.492 e. The van der Waals surface area contributed by atoms with E-state index in [0.29, 0.717) is 35.9 Å². The molecule has 1 atom stereocenters. The molecule has 0 spiro atoms. The Hall–Kier alpha value is -2.92. The summed E-state index contributed by atoms with van der Waals surface area (Å²) in [5.41, 5.74) is -2.79. The lowest BCUT2D eigenvalue weighted by Gasteiger charge is -2.27. The zero-order chi connectivity index (χ0) is 21.8. The Morgan fingerprint density at radius 2 is 2.13 bits per heavy atom. The third-order valence-corrected chi connectivity index (χ3v) is 5.24. The van der Waals surface area contributed by atoms with Crippen molar-refractivity contribution in [3.63, 3.8) is 0 Å². The Bertz CT molecular complexity index is 991. The summed E-state index contributed by atoms with van der Waals surface area (Å²) in [7, 11) is 0. The highest BCUT2D eigenvalue weighted by Gasteiger charge is 2.58. The van der Waals surface area contributed by atoms with Crippen LogP contribution in [0.5, 0.6) is 5.75 Å². The summed E-state index contributed by atoms with van der Waals surface area (Å²) in [5, 5.41) is 17.5. The maximum Gasteiger partial charge on any atom is 0.424 e. The number of carbonyl (C=O) groups is 1. The van der Waals surface area contributed by atoms with Crippen LogP contribution in [0.4, 0.5) is 18.9 Å². The Labute approximate surface area is 174 Å². The second kappa shape index (κ2) is 8.84. The number of benzene rings is 1. The van der Waals surface area contributed by atoms with Crippen LogP contribution in [0.25, 0.3) is 0 Å². The average molecular weight is 440 g/mol. The van der Waals surface area contributed by atoms with Crippen molar-refractivity contribution in [3.8, 4) is 5.75 Å². The number of hydrogen-bond donors (Lipinski definition) is 2. The van der Waals surface area contributed by atoms with Crippen LogP contribution in [-0.2, 0) is 16.9 Å². The topological polar surface area (TPSA) is 89.3 Å². The van der Waals surface area contributed by atoms with E-state index in [9.17, 15) is 23.1 Å². The fourth-order valence-electron chi connectivity index (χ4n) is 2.63. The monoisotopic (exact) mass is 440 g/mol. The normalized spacial score (nSPS) is 13.6. The number of alkyl halides is 3. The van der Waals surface area contributed by atoms with E-state index in [4.69, 9.17) is 4.74 Å². The van der Waals surface area contributed by atoms with E-state index < -0.39 is 29.1 Å². The van der Waals surface area contributed by atoms with Crippen molar-refractivity contribution in [2.75, 3.05) is 11.9 Å². The molecule has 0 saturated heterocycles. The molecule has 1 amide bonds. The molecule has 11 heteroatoms. The second-order valence-corrected chi connectivity index (χ2v) is 7.38. The molecule has 0 fully saturated rings. The minimum atomic E-state index is -5.06. The number of halogens is 3. The third-order valence-electron chi connectivity index (χ3n) is 4.12. The molecule has 2 heterocycles. The van der Waals surface area contributed by atoms with Crippen LogP contribution in [0.3, 0.4) is 0 Å². The summed E-state index contributed by atoms with van der Waals surface area (Å²) in [5.74, 6) is -0.571. The van der Waals surface area contributed by atoms with Crippen LogP contribution >= 0.6 is 11.3 Å². The van der Waals surface area contributed by atoms with Crippen molar-refractivity contribution in [2.45, 2.75) is 31.7 Å². The van der Waals surface area contributed by atoms with Crippen LogP contribution in [-0.4, -0.2) is 38.6 Å². The molecular weight excluding hydrogens is 421 g/mol. The van der Waals surface area contributed by atoms with Gasteiger partial charge in [0.25, 0.3) is 0 Å². The van der Waals surface area contributed by atoms with Gasteiger partial charge in [-0.1, -0.05) is 6.07 Å². The molecule has 0 radical (unpaired) electrons. The third kappa shape index (κ3) is 5.16. The summed E-state index contributed by atoms with van der Waals surface area (Å²) in [6.45, 7) is 2.33. The maximum absolute atomic E-state index is 13.5. The Kier molecular flexibility index (Phi) is 6.42. The molecule has 1 aromatic carbocycles. The summed E-state index contributed by atoms with van der Waals surface area (Å²) in [6.07, 6.45) is -2.85. The highest BCUT2D eigenvalue weighted by molar-refractivity contribution is 7.09. The maximum atomic E-state index is 13.5. The Morgan fingerprint density at radius 3 is 2.77 bits per heavy atom. The number of rotatable bonds is 8. The van der Waals surface area contributed by atoms with E-state index in [2.05, 4.69) is 15.4 Å². The second-order valence-electron chi connectivity index (χ2n) is 6.52. The number of aromatic nitrogens is 3. The molecule has 0 aliphatic carbocycles. The predicted octanol–water partition coefficient (Wildman–Crippen LogP) is 3.51. The first-order valence-electron chi connectivity index (χ1n) is 8.89. The lowest BCUT2D eigenvalue weighted by atomic mass is 9.99. The van der Waals surface area contributed by atoms with Gasteiger partial charge in [0.1, 0.15) is 17.4 Å². The van der Waals surface area contributed by atoms with Crippen LogP contribution < -0.4 is 10.1 Å². The highest BCUT2D eigenvalue weighted by Crippen LogP contribution is 2.43. The van der Waals surface area contributed by atoms with Crippen LogP contribution in [0, 0.1) is 6.92 Å². The van der Waals surface area contributed by atoms with Crippen LogP contribution in [0.15, 0.2) is 48.1 Å². The molecule has 3 aromatic rings. The van der Waals surface area contributed by atoms with Gasteiger partial charge in [0.05, 0.1) is 13.0 Å². The fourth-order valence-corrected chi connectivity index (χ4v) is 3.55. The number of nitrogens with zero attached hydrogens (tertiary/aromatic N) is 3. The zero-order valence-electron chi connectivity index (χ0n) is 15.9. The van der Waals surface area contributed by atoms with E-state index in [1.807, 2.05) is 0 Å². The smallest absolute Gasteiger partial charge is 0.424 e. The van der Waals surface area contributed by atoms with Gasteiger partial charge in [-0.15, -0.1) is 11.3 Å². The van der Waals surface area contributed by atoms with Gasteiger partial charge in [-0.25, -0.2) is 4.98 Å². The number of aryl methyl sites for hydroxylation is 1. The van der Waals surface area contributed by atoms with Gasteiger partial charge in [0.2, 0.25) is 11.5 Å². The highest BCUT2D eigenvalue weighted by atomic mass is 32.1. The number of aliphatic hydroxyl groups is 1. The van der Waals surface area contributed by atoms with Gasteiger partial charge < -0.3 is 15.2 Å². The van der Waals surface area contributed by atoms with Crippen molar-refractivity contribution < 1.29 is 27.8 Å². The molecular formula is C19H19F3N4O3S. The van der Waals surface area contributed by atoms with Gasteiger partial charge in [-0.3, -0.25) is 9.48 Å². The number of hydrogen-bond acceptors (Lipinski definition) is 6. The minimum absolute atomic E-state index is 0.247. The van der Waals surface area contributed by atoms with E-state index in [0.717, 1.165) is 0 Å². The summed E-state index contributed by atoms with van der Waals surface area (Å²) in [6, 6.07) is 8.03. The van der Waals surface area contributed by atoms with E-state index in [-0.39, 0.29) is 5.69 Å². The summed E-state index contributed by atoms with van der Waals surface area (Å²) in [4.78, 5) is 16.0. The minimum Gasteiger partial charge on any atom is -0.492 e. The molecule has 1 unspecified atom stereocenters. The Balaban J connectivity index is 1.64. The SMILES string of the molecule is Cc1csc(C(O)(CC(=O)Nc2cccc(OCCn3cccn3)c2)C(F)(F)F)n1. The molecule has 7 nitrogen and oxygen atoms in total. The first-order chi connectivity index (χ1) is 14.2. The molecule has 0 saturated carbocycles. The van der Waals surface area contributed by atoms with Gasteiger partial charge in [0, 0.05) is 35.2 Å². The van der Waals surface area contributed by atoms with Crippen molar-refractivity contribution in [2.24, 2.45) is 0 Å². The number of amides is 1. The number of nitrogens with one attached hydrogen (secondary N) is 1. The lowest BCUT2D eigenvalue weighted by Crippen LogP contribution is -2.45. The average Bonchev–Trinajstić information content (AvgIpc) is 3.33. The zero-order valence-corrected chi connectivity index (χ0v) is 16.7.